The predicted molar refractivity (Wildman–Crippen MR) is 72.2 cm³/mol. The van der Waals surface area contributed by atoms with Gasteiger partial charge < -0.3 is 15.7 Å². The van der Waals surface area contributed by atoms with E-state index in [4.69, 9.17) is 0 Å². The van der Waals surface area contributed by atoms with Crippen molar-refractivity contribution in [3.63, 3.8) is 0 Å². The van der Waals surface area contributed by atoms with Crippen LogP contribution in [0.25, 0.3) is 0 Å². The van der Waals surface area contributed by atoms with E-state index in [-0.39, 0.29) is 25.1 Å². The summed E-state index contributed by atoms with van der Waals surface area (Å²) in [6.07, 6.45) is 0.982. The minimum atomic E-state index is -0.336. The molecule has 4 heteroatoms. The first-order chi connectivity index (χ1) is 8.67. The van der Waals surface area contributed by atoms with Crippen LogP contribution in [0.15, 0.2) is 30.3 Å². The lowest BCUT2D eigenvalue weighted by molar-refractivity contribution is -0.121. The van der Waals surface area contributed by atoms with Gasteiger partial charge in [0.1, 0.15) is 0 Å². The van der Waals surface area contributed by atoms with E-state index in [1.807, 2.05) is 37.3 Å². The fourth-order valence-electron chi connectivity index (χ4n) is 1.58. The third-order valence-corrected chi connectivity index (χ3v) is 2.94. The van der Waals surface area contributed by atoms with E-state index in [2.05, 4.69) is 17.6 Å². The molecule has 0 spiro atoms. The Labute approximate surface area is 108 Å². The van der Waals surface area contributed by atoms with E-state index in [1.54, 1.807) is 0 Å². The van der Waals surface area contributed by atoms with E-state index in [0.29, 0.717) is 6.04 Å². The van der Waals surface area contributed by atoms with Crippen molar-refractivity contribution < 1.29 is 9.90 Å². The maximum Gasteiger partial charge on any atom is 0.234 e. The molecule has 1 rings (SSSR count). The van der Waals surface area contributed by atoms with Crippen molar-refractivity contribution in [3.05, 3.63) is 35.9 Å². The number of carbonyl (C=O) groups is 1. The summed E-state index contributed by atoms with van der Waals surface area (Å²) in [5.41, 5.74) is 0.914. The molecule has 0 heterocycles. The normalized spacial score (nSPS) is 13.9. The number of amides is 1. The summed E-state index contributed by atoms with van der Waals surface area (Å²) in [5.74, 6) is -0.0989. The zero-order valence-corrected chi connectivity index (χ0v) is 11.0. The number of hydrogen-bond donors (Lipinski definition) is 3. The third kappa shape index (κ3) is 4.85. The number of aliphatic hydroxyl groups is 1. The smallest absolute Gasteiger partial charge is 0.234 e. The summed E-state index contributed by atoms with van der Waals surface area (Å²) in [5, 5.41) is 15.2. The van der Waals surface area contributed by atoms with Crippen LogP contribution in [0, 0.1) is 0 Å². The molecule has 2 atom stereocenters. The Hall–Kier alpha value is -1.39. The SMILES string of the molecule is CCC(C)NCC(=O)N[C@@H](CO)c1ccccc1. The molecule has 4 nitrogen and oxygen atoms in total. The number of nitrogens with one attached hydrogen (secondary N) is 2. The summed E-state index contributed by atoms with van der Waals surface area (Å²) in [7, 11) is 0. The first-order valence-electron chi connectivity index (χ1n) is 6.36. The van der Waals surface area contributed by atoms with Crippen molar-refractivity contribution in [1.82, 2.24) is 10.6 Å². The highest BCUT2D eigenvalue weighted by molar-refractivity contribution is 5.78. The van der Waals surface area contributed by atoms with E-state index in [9.17, 15) is 9.90 Å². The minimum absolute atomic E-state index is 0.0981. The summed E-state index contributed by atoms with van der Waals surface area (Å²) in [4.78, 5) is 11.7. The molecule has 0 aliphatic carbocycles. The number of hydrogen-bond acceptors (Lipinski definition) is 3. The molecule has 3 N–H and O–H groups in total. The number of rotatable bonds is 7. The van der Waals surface area contributed by atoms with Gasteiger partial charge >= 0.3 is 0 Å². The van der Waals surface area contributed by atoms with E-state index in [1.165, 1.54) is 0 Å². The van der Waals surface area contributed by atoms with Crippen molar-refractivity contribution in [2.24, 2.45) is 0 Å². The quantitative estimate of drug-likeness (QED) is 0.682. The van der Waals surface area contributed by atoms with E-state index in [0.717, 1.165) is 12.0 Å². The van der Waals surface area contributed by atoms with E-state index >= 15 is 0 Å². The van der Waals surface area contributed by atoms with Gasteiger partial charge in [0.05, 0.1) is 19.2 Å². The van der Waals surface area contributed by atoms with Gasteiger partial charge in [-0.2, -0.15) is 0 Å². The van der Waals surface area contributed by atoms with Gasteiger partial charge in [-0.3, -0.25) is 4.79 Å². The first-order valence-corrected chi connectivity index (χ1v) is 6.36. The van der Waals surface area contributed by atoms with Crippen molar-refractivity contribution in [2.45, 2.75) is 32.4 Å². The van der Waals surface area contributed by atoms with Gasteiger partial charge in [0, 0.05) is 6.04 Å². The molecule has 0 aliphatic rings. The monoisotopic (exact) mass is 250 g/mol. The molecular weight excluding hydrogens is 228 g/mol. The van der Waals surface area contributed by atoms with Crippen LogP contribution in [0.5, 0.6) is 0 Å². The summed E-state index contributed by atoms with van der Waals surface area (Å²) in [6.45, 7) is 4.28. The van der Waals surface area contributed by atoms with Gasteiger partial charge in [-0.25, -0.2) is 0 Å². The molecule has 18 heavy (non-hydrogen) atoms. The van der Waals surface area contributed by atoms with Crippen LogP contribution < -0.4 is 10.6 Å². The molecule has 0 fully saturated rings. The number of carbonyl (C=O) groups excluding carboxylic acids is 1. The second-order valence-electron chi connectivity index (χ2n) is 4.40. The Balaban J connectivity index is 2.46. The van der Waals surface area contributed by atoms with Crippen LogP contribution >= 0.6 is 0 Å². The topological polar surface area (TPSA) is 61.4 Å². The van der Waals surface area contributed by atoms with Gasteiger partial charge in [-0.05, 0) is 18.9 Å². The highest BCUT2D eigenvalue weighted by Crippen LogP contribution is 2.10. The molecule has 0 saturated carbocycles. The standard InChI is InChI=1S/C14H22N2O2/c1-3-11(2)15-9-14(18)16-13(10-17)12-7-5-4-6-8-12/h4-8,11,13,15,17H,3,9-10H2,1-2H3,(H,16,18)/t11?,13-/m0/s1. The molecule has 1 amide bonds. The van der Waals surface area contributed by atoms with E-state index < -0.39 is 0 Å². The first kappa shape index (κ1) is 14.7. The summed E-state index contributed by atoms with van der Waals surface area (Å²) < 4.78 is 0. The largest absolute Gasteiger partial charge is 0.394 e. The van der Waals surface area contributed by atoms with Gasteiger partial charge in [0.2, 0.25) is 5.91 Å². The van der Waals surface area contributed by atoms with Crippen LogP contribution in [0.2, 0.25) is 0 Å². The van der Waals surface area contributed by atoms with Crippen LogP contribution in [-0.2, 0) is 4.79 Å². The van der Waals surface area contributed by atoms with Crippen LogP contribution in [0.1, 0.15) is 31.9 Å². The average Bonchev–Trinajstić information content (AvgIpc) is 2.43. The maximum atomic E-state index is 11.7. The predicted octanol–water partition coefficient (Wildman–Crippen LogP) is 1.22. The van der Waals surface area contributed by atoms with Crippen LogP contribution in [0.3, 0.4) is 0 Å². The van der Waals surface area contributed by atoms with Crippen molar-refractivity contribution in [1.29, 1.82) is 0 Å². The molecule has 0 saturated heterocycles. The highest BCUT2D eigenvalue weighted by Gasteiger charge is 2.13. The maximum absolute atomic E-state index is 11.7. The van der Waals surface area contributed by atoms with Crippen molar-refractivity contribution in [3.8, 4) is 0 Å². The molecule has 0 aliphatic heterocycles. The Morgan fingerprint density at radius 2 is 2.00 bits per heavy atom. The Kier molecular flexibility index (Phi) is 6.39. The van der Waals surface area contributed by atoms with Crippen LogP contribution in [0.4, 0.5) is 0 Å². The minimum Gasteiger partial charge on any atom is -0.394 e. The Morgan fingerprint density at radius 1 is 1.33 bits per heavy atom. The second-order valence-corrected chi connectivity index (χ2v) is 4.40. The van der Waals surface area contributed by atoms with Crippen molar-refractivity contribution in [2.75, 3.05) is 13.2 Å². The van der Waals surface area contributed by atoms with Gasteiger partial charge in [0.15, 0.2) is 0 Å². The molecule has 0 radical (unpaired) electrons. The lowest BCUT2D eigenvalue weighted by Gasteiger charge is -2.18. The lowest BCUT2D eigenvalue weighted by atomic mass is 10.1. The van der Waals surface area contributed by atoms with Gasteiger partial charge in [0.25, 0.3) is 0 Å². The van der Waals surface area contributed by atoms with Gasteiger partial charge in [-0.15, -0.1) is 0 Å². The van der Waals surface area contributed by atoms with Crippen LogP contribution in [-0.4, -0.2) is 30.2 Å². The fraction of sp³-hybridized carbons (Fsp3) is 0.500. The van der Waals surface area contributed by atoms with Crippen molar-refractivity contribution >= 4 is 5.91 Å². The van der Waals surface area contributed by atoms with Gasteiger partial charge in [-0.1, -0.05) is 37.3 Å². The number of aliphatic hydroxyl groups excluding tert-OH is 1. The molecule has 100 valence electrons. The summed E-state index contributed by atoms with van der Waals surface area (Å²) >= 11 is 0. The Morgan fingerprint density at radius 3 is 2.56 bits per heavy atom. The zero-order valence-electron chi connectivity index (χ0n) is 11.0. The summed E-state index contributed by atoms with van der Waals surface area (Å²) in [6, 6.07) is 9.46. The molecule has 0 bridgehead atoms. The molecule has 1 unspecified atom stereocenters. The molecule has 0 aromatic heterocycles. The second kappa shape index (κ2) is 7.84. The molecule has 1 aromatic rings. The highest BCUT2D eigenvalue weighted by atomic mass is 16.3. The third-order valence-electron chi connectivity index (χ3n) is 2.94. The fourth-order valence-corrected chi connectivity index (χ4v) is 1.58. The zero-order chi connectivity index (χ0) is 13.4. The Bertz CT molecular complexity index is 354. The lowest BCUT2D eigenvalue weighted by Crippen LogP contribution is -2.40. The molecule has 1 aromatic carbocycles. The molecular formula is C14H22N2O2. The average molecular weight is 250 g/mol. The number of benzene rings is 1.